The fourth-order valence-corrected chi connectivity index (χ4v) is 2.74. The van der Waals surface area contributed by atoms with Gasteiger partial charge < -0.3 is 20.0 Å². The van der Waals surface area contributed by atoms with Gasteiger partial charge in [0.25, 0.3) is 0 Å². The summed E-state index contributed by atoms with van der Waals surface area (Å²) in [5.74, 6) is 0.565. The van der Waals surface area contributed by atoms with Gasteiger partial charge in [0.2, 0.25) is 11.8 Å². The number of likely N-dealkylation sites (N-methyl/N-ethyl adjacent to an activating group) is 1. The molecule has 1 aromatic carbocycles. The third-order valence-electron chi connectivity index (χ3n) is 4.06. The molecular formula is C19H26N3O3+. The van der Waals surface area contributed by atoms with Gasteiger partial charge in [0.05, 0.1) is 39.4 Å². The molecule has 0 aliphatic rings. The zero-order chi connectivity index (χ0) is 18.2. The Morgan fingerprint density at radius 3 is 2.40 bits per heavy atom. The average Bonchev–Trinajstić information content (AvgIpc) is 3.08. The lowest BCUT2D eigenvalue weighted by atomic mass is 10.0. The Morgan fingerprint density at radius 2 is 1.84 bits per heavy atom. The van der Waals surface area contributed by atoms with Crippen LogP contribution < -0.4 is 15.5 Å². The van der Waals surface area contributed by atoms with Crippen molar-refractivity contribution in [2.75, 3.05) is 20.6 Å². The van der Waals surface area contributed by atoms with Gasteiger partial charge in [-0.2, -0.15) is 0 Å². The van der Waals surface area contributed by atoms with Crippen molar-refractivity contribution in [3.63, 3.8) is 0 Å². The Hall–Kier alpha value is -2.60. The SMILES string of the molecule is CC(=O)N[C@@H](CC(=O)NC[C@H](c1ccco1)[NH+](C)C)c1ccccc1. The van der Waals surface area contributed by atoms with Crippen molar-refractivity contribution in [1.82, 2.24) is 10.6 Å². The van der Waals surface area contributed by atoms with E-state index in [-0.39, 0.29) is 30.3 Å². The first kappa shape index (κ1) is 18.7. The minimum Gasteiger partial charge on any atom is -0.463 e. The highest BCUT2D eigenvalue weighted by atomic mass is 16.3. The summed E-state index contributed by atoms with van der Waals surface area (Å²) in [4.78, 5) is 25.0. The Labute approximate surface area is 148 Å². The lowest BCUT2D eigenvalue weighted by Crippen LogP contribution is -3.07. The van der Waals surface area contributed by atoms with E-state index in [4.69, 9.17) is 4.42 Å². The molecule has 6 nitrogen and oxygen atoms in total. The van der Waals surface area contributed by atoms with Gasteiger partial charge in [-0.05, 0) is 17.7 Å². The molecule has 0 spiro atoms. The molecule has 1 heterocycles. The maximum absolute atomic E-state index is 12.4. The van der Waals surface area contributed by atoms with Crippen LogP contribution in [0.4, 0.5) is 0 Å². The van der Waals surface area contributed by atoms with Crippen LogP contribution in [0.25, 0.3) is 0 Å². The molecule has 0 aliphatic heterocycles. The lowest BCUT2D eigenvalue weighted by Gasteiger charge is -2.21. The van der Waals surface area contributed by atoms with Gasteiger partial charge in [-0.1, -0.05) is 30.3 Å². The molecule has 6 heteroatoms. The molecule has 25 heavy (non-hydrogen) atoms. The van der Waals surface area contributed by atoms with E-state index in [1.807, 2.05) is 56.6 Å². The molecule has 0 fully saturated rings. The molecule has 2 rings (SSSR count). The van der Waals surface area contributed by atoms with Gasteiger partial charge in [-0.25, -0.2) is 0 Å². The van der Waals surface area contributed by atoms with Crippen LogP contribution in [-0.4, -0.2) is 32.5 Å². The number of amides is 2. The number of furan rings is 1. The standard InChI is InChI=1S/C19H25N3O3/c1-14(23)21-16(15-8-5-4-6-9-15)12-19(24)20-13-17(22(2)3)18-10-7-11-25-18/h4-11,16-17H,12-13H2,1-3H3,(H,20,24)(H,21,23)/p+1/t16-,17+/m0/s1. The van der Waals surface area contributed by atoms with Gasteiger partial charge in [0.15, 0.2) is 11.8 Å². The maximum atomic E-state index is 12.4. The molecule has 0 bridgehead atoms. The van der Waals surface area contributed by atoms with Crippen LogP contribution in [0.2, 0.25) is 0 Å². The fraction of sp³-hybridized carbons (Fsp3) is 0.368. The van der Waals surface area contributed by atoms with E-state index in [0.717, 1.165) is 16.2 Å². The number of hydrogen-bond donors (Lipinski definition) is 3. The van der Waals surface area contributed by atoms with Crippen LogP contribution in [0.3, 0.4) is 0 Å². The Kier molecular flexibility index (Phi) is 6.77. The molecule has 3 N–H and O–H groups in total. The summed E-state index contributed by atoms with van der Waals surface area (Å²) >= 11 is 0. The van der Waals surface area contributed by atoms with E-state index in [1.54, 1.807) is 6.26 Å². The van der Waals surface area contributed by atoms with E-state index in [1.165, 1.54) is 6.92 Å². The zero-order valence-corrected chi connectivity index (χ0v) is 14.9. The number of nitrogens with one attached hydrogen (secondary N) is 3. The summed E-state index contributed by atoms with van der Waals surface area (Å²) < 4.78 is 5.46. The van der Waals surface area contributed by atoms with Crippen molar-refractivity contribution in [2.24, 2.45) is 0 Å². The minimum absolute atomic E-state index is 0.0369. The number of benzene rings is 1. The first-order valence-corrected chi connectivity index (χ1v) is 8.39. The highest BCUT2D eigenvalue weighted by Gasteiger charge is 2.23. The van der Waals surface area contributed by atoms with Crippen LogP contribution in [-0.2, 0) is 9.59 Å². The van der Waals surface area contributed by atoms with Gasteiger partial charge in [-0.15, -0.1) is 0 Å². The van der Waals surface area contributed by atoms with Gasteiger partial charge >= 0.3 is 0 Å². The van der Waals surface area contributed by atoms with Gasteiger partial charge in [0.1, 0.15) is 0 Å². The van der Waals surface area contributed by atoms with Crippen molar-refractivity contribution in [3.8, 4) is 0 Å². The minimum atomic E-state index is -0.340. The summed E-state index contributed by atoms with van der Waals surface area (Å²) in [6.45, 7) is 1.92. The number of rotatable bonds is 8. The average molecular weight is 344 g/mol. The van der Waals surface area contributed by atoms with Crippen molar-refractivity contribution in [3.05, 3.63) is 60.1 Å². The number of hydrogen-bond acceptors (Lipinski definition) is 3. The fourth-order valence-electron chi connectivity index (χ4n) is 2.74. The number of carbonyl (C=O) groups excluding carboxylic acids is 2. The highest BCUT2D eigenvalue weighted by molar-refractivity contribution is 5.79. The lowest BCUT2D eigenvalue weighted by molar-refractivity contribution is -0.891. The first-order valence-electron chi connectivity index (χ1n) is 8.39. The molecular weight excluding hydrogens is 318 g/mol. The second kappa shape index (κ2) is 9.03. The molecule has 0 saturated carbocycles. The molecule has 134 valence electrons. The van der Waals surface area contributed by atoms with Crippen LogP contribution in [0, 0.1) is 0 Å². The molecule has 0 unspecified atom stereocenters. The highest BCUT2D eigenvalue weighted by Crippen LogP contribution is 2.16. The summed E-state index contributed by atoms with van der Waals surface area (Å²) in [6.07, 6.45) is 1.83. The summed E-state index contributed by atoms with van der Waals surface area (Å²) in [6, 6.07) is 13.0. The summed E-state index contributed by atoms with van der Waals surface area (Å²) in [5.41, 5.74) is 0.911. The molecule has 0 radical (unpaired) electrons. The van der Waals surface area contributed by atoms with Crippen molar-refractivity contribution >= 4 is 11.8 Å². The van der Waals surface area contributed by atoms with E-state index in [0.29, 0.717) is 6.54 Å². The number of carbonyl (C=O) groups is 2. The normalized spacial score (nSPS) is 13.3. The molecule has 2 aromatic rings. The van der Waals surface area contributed by atoms with E-state index in [9.17, 15) is 9.59 Å². The Bertz CT molecular complexity index is 668. The van der Waals surface area contributed by atoms with E-state index >= 15 is 0 Å². The predicted octanol–water partition coefficient (Wildman–Crippen LogP) is 0.849. The van der Waals surface area contributed by atoms with Crippen LogP contribution >= 0.6 is 0 Å². The molecule has 0 aliphatic carbocycles. The van der Waals surface area contributed by atoms with Crippen LogP contribution in [0.1, 0.15) is 36.8 Å². The Morgan fingerprint density at radius 1 is 1.12 bits per heavy atom. The predicted molar refractivity (Wildman–Crippen MR) is 94.9 cm³/mol. The zero-order valence-electron chi connectivity index (χ0n) is 14.9. The van der Waals surface area contributed by atoms with Gasteiger partial charge in [-0.3, -0.25) is 9.59 Å². The van der Waals surface area contributed by atoms with E-state index < -0.39 is 0 Å². The van der Waals surface area contributed by atoms with Crippen molar-refractivity contribution in [2.45, 2.75) is 25.4 Å². The molecule has 1 aromatic heterocycles. The second-order valence-electron chi connectivity index (χ2n) is 6.32. The first-order chi connectivity index (χ1) is 12.0. The largest absolute Gasteiger partial charge is 0.463 e. The van der Waals surface area contributed by atoms with Crippen molar-refractivity contribution < 1.29 is 18.9 Å². The second-order valence-corrected chi connectivity index (χ2v) is 6.32. The molecule has 2 atom stereocenters. The molecule has 2 amide bonds. The summed E-state index contributed by atoms with van der Waals surface area (Å²) in [5, 5.41) is 5.80. The van der Waals surface area contributed by atoms with Crippen molar-refractivity contribution in [1.29, 1.82) is 0 Å². The van der Waals surface area contributed by atoms with E-state index in [2.05, 4.69) is 10.6 Å². The maximum Gasteiger partial charge on any atom is 0.222 e. The van der Waals surface area contributed by atoms with Crippen LogP contribution in [0.5, 0.6) is 0 Å². The summed E-state index contributed by atoms with van der Waals surface area (Å²) in [7, 11) is 4.03. The van der Waals surface area contributed by atoms with Gasteiger partial charge in [0, 0.05) is 6.92 Å². The third-order valence-corrected chi connectivity index (χ3v) is 4.06. The van der Waals surface area contributed by atoms with Crippen LogP contribution in [0.15, 0.2) is 53.1 Å². The topological polar surface area (TPSA) is 75.8 Å². The smallest absolute Gasteiger partial charge is 0.222 e. The monoisotopic (exact) mass is 344 g/mol. The quantitative estimate of drug-likeness (QED) is 0.664. The number of quaternary nitrogens is 1. The Balaban J connectivity index is 1.97. The molecule has 0 saturated heterocycles. The third kappa shape index (κ3) is 5.76.